The molecule has 0 spiro atoms. The van der Waals surface area contributed by atoms with Gasteiger partial charge in [-0.2, -0.15) is 0 Å². The molecule has 0 unspecified atom stereocenters. The van der Waals surface area contributed by atoms with Crippen LogP contribution in [0.5, 0.6) is 0 Å². The number of aryl methyl sites for hydroxylation is 1. The minimum Gasteiger partial charge on any atom is -0.464 e. The summed E-state index contributed by atoms with van der Waals surface area (Å²) >= 11 is 0. The maximum atomic E-state index is 11.8. The van der Waals surface area contributed by atoms with Gasteiger partial charge in [0.05, 0.1) is 13.2 Å². The maximum absolute atomic E-state index is 11.8. The molecule has 1 heterocycles. The number of amides is 1. The predicted molar refractivity (Wildman–Crippen MR) is 81.3 cm³/mol. The summed E-state index contributed by atoms with van der Waals surface area (Å²) in [6.07, 6.45) is 0.876. The number of hydrogen-bond acceptors (Lipinski definition) is 4. The van der Waals surface area contributed by atoms with E-state index in [-0.39, 0.29) is 19.1 Å². The number of carbonyl (C=O) groups is 1. The standard InChI is InChI=1S/C16H20N2O3/c1-2-14-6-7-15(21-14)11-18-13-5-3-4-12(10-13)16(20)17-8-9-19/h3-7,10,18-19H,2,8-9,11H2,1H3,(H,17,20). The molecule has 5 nitrogen and oxygen atoms in total. The van der Waals surface area contributed by atoms with E-state index in [4.69, 9.17) is 9.52 Å². The summed E-state index contributed by atoms with van der Waals surface area (Å²) in [5, 5.41) is 14.6. The number of hydrogen-bond donors (Lipinski definition) is 3. The lowest BCUT2D eigenvalue weighted by molar-refractivity contribution is 0.0945. The van der Waals surface area contributed by atoms with Crippen LogP contribution in [0.1, 0.15) is 28.8 Å². The number of aliphatic hydroxyl groups excluding tert-OH is 1. The number of aliphatic hydroxyl groups is 1. The fraction of sp³-hybridized carbons (Fsp3) is 0.312. The van der Waals surface area contributed by atoms with E-state index < -0.39 is 0 Å². The van der Waals surface area contributed by atoms with Gasteiger partial charge in [-0.1, -0.05) is 13.0 Å². The topological polar surface area (TPSA) is 74.5 Å². The third kappa shape index (κ3) is 4.36. The summed E-state index contributed by atoms with van der Waals surface area (Å²) < 4.78 is 5.62. The number of anilines is 1. The number of carbonyl (C=O) groups excluding carboxylic acids is 1. The van der Waals surface area contributed by atoms with E-state index in [1.54, 1.807) is 12.1 Å². The van der Waals surface area contributed by atoms with E-state index in [2.05, 4.69) is 10.6 Å². The minimum absolute atomic E-state index is 0.0675. The van der Waals surface area contributed by atoms with Crippen LogP contribution in [0.2, 0.25) is 0 Å². The highest BCUT2D eigenvalue weighted by atomic mass is 16.3. The van der Waals surface area contributed by atoms with Gasteiger partial charge < -0.3 is 20.2 Å². The normalized spacial score (nSPS) is 10.4. The van der Waals surface area contributed by atoms with Crippen LogP contribution in [0.15, 0.2) is 40.8 Å². The lowest BCUT2D eigenvalue weighted by Crippen LogP contribution is -2.26. The van der Waals surface area contributed by atoms with Crippen molar-refractivity contribution in [1.82, 2.24) is 5.32 Å². The van der Waals surface area contributed by atoms with Gasteiger partial charge in [-0.05, 0) is 30.3 Å². The van der Waals surface area contributed by atoms with E-state index in [9.17, 15) is 4.79 Å². The Balaban J connectivity index is 1.95. The van der Waals surface area contributed by atoms with Crippen LogP contribution >= 0.6 is 0 Å². The zero-order valence-electron chi connectivity index (χ0n) is 12.1. The van der Waals surface area contributed by atoms with Crippen molar-refractivity contribution in [2.24, 2.45) is 0 Å². The largest absolute Gasteiger partial charge is 0.464 e. The lowest BCUT2D eigenvalue weighted by atomic mass is 10.2. The van der Waals surface area contributed by atoms with Crippen molar-refractivity contribution in [3.05, 3.63) is 53.5 Å². The third-order valence-electron chi connectivity index (χ3n) is 3.05. The molecule has 2 rings (SSSR count). The molecule has 0 aliphatic rings. The summed E-state index contributed by atoms with van der Waals surface area (Å²) in [7, 11) is 0. The minimum atomic E-state index is -0.195. The SMILES string of the molecule is CCc1ccc(CNc2cccc(C(=O)NCCO)c2)o1. The van der Waals surface area contributed by atoms with Gasteiger partial charge >= 0.3 is 0 Å². The van der Waals surface area contributed by atoms with Gasteiger partial charge in [0.2, 0.25) is 0 Å². The number of rotatable bonds is 7. The van der Waals surface area contributed by atoms with Crippen molar-refractivity contribution in [3.63, 3.8) is 0 Å². The van der Waals surface area contributed by atoms with E-state index in [0.717, 1.165) is 23.6 Å². The molecule has 5 heteroatoms. The second-order valence-electron chi connectivity index (χ2n) is 4.64. The molecule has 0 saturated carbocycles. The Kier molecular flexibility index (Phi) is 5.40. The van der Waals surface area contributed by atoms with Gasteiger partial charge in [0.1, 0.15) is 11.5 Å². The number of furan rings is 1. The van der Waals surface area contributed by atoms with Crippen molar-refractivity contribution in [2.45, 2.75) is 19.9 Å². The molecule has 0 aliphatic heterocycles. The summed E-state index contributed by atoms with van der Waals surface area (Å²) in [6.45, 7) is 2.80. The molecular weight excluding hydrogens is 268 g/mol. The van der Waals surface area contributed by atoms with Crippen LogP contribution in [0.25, 0.3) is 0 Å². The van der Waals surface area contributed by atoms with Crippen LogP contribution in [0.3, 0.4) is 0 Å². The van der Waals surface area contributed by atoms with Gasteiger partial charge in [-0.25, -0.2) is 0 Å². The van der Waals surface area contributed by atoms with E-state index in [0.29, 0.717) is 12.1 Å². The molecule has 0 atom stereocenters. The van der Waals surface area contributed by atoms with E-state index in [1.165, 1.54) is 0 Å². The fourth-order valence-electron chi connectivity index (χ4n) is 1.94. The quantitative estimate of drug-likeness (QED) is 0.730. The Morgan fingerprint density at radius 3 is 2.76 bits per heavy atom. The Hall–Kier alpha value is -2.27. The zero-order chi connectivity index (χ0) is 15.1. The van der Waals surface area contributed by atoms with Crippen LogP contribution in [0, 0.1) is 0 Å². The Labute approximate surface area is 124 Å². The van der Waals surface area contributed by atoms with Crippen LogP contribution < -0.4 is 10.6 Å². The smallest absolute Gasteiger partial charge is 0.251 e. The van der Waals surface area contributed by atoms with Crippen molar-refractivity contribution >= 4 is 11.6 Å². The second-order valence-corrected chi connectivity index (χ2v) is 4.64. The highest BCUT2D eigenvalue weighted by molar-refractivity contribution is 5.95. The first-order valence-corrected chi connectivity index (χ1v) is 7.03. The predicted octanol–water partition coefficient (Wildman–Crippen LogP) is 2.18. The Bertz CT molecular complexity index is 593. The molecule has 2 aromatic rings. The zero-order valence-corrected chi connectivity index (χ0v) is 12.1. The fourth-order valence-corrected chi connectivity index (χ4v) is 1.94. The molecule has 0 aliphatic carbocycles. The molecule has 0 fully saturated rings. The number of benzene rings is 1. The molecule has 0 radical (unpaired) electrons. The summed E-state index contributed by atoms with van der Waals surface area (Å²) in [4.78, 5) is 11.8. The lowest BCUT2D eigenvalue weighted by Gasteiger charge is -2.07. The highest BCUT2D eigenvalue weighted by Crippen LogP contribution is 2.14. The molecule has 21 heavy (non-hydrogen) atoms. The van der Waals surface area contributed by atoms with Crippen LogP contribution in [-0.4, -0.2) is 24.2 Å². The Morgan fingerprint density at radius 2 is 2.05 bits per heavy atom. The first-order chi connectivity index (χ1) is 10.2. The molecule has 1 aromatic heterocycles. The molecule has 3 N–H and O–H groups in total. The van der Waals surface area contributed by atoms with E-state index in [1.807, 2.05) is 31.2 Å². The third-order valence-corrected chi connectivity index (χ3v) is 3.05. The summed E-state index contributed by atoms with van der Waals surface area (Å²) in [5.74, 6) is 1.63. The van der Waals surface area contributed by atoms with Crippen molar-refractivity contribution in [3.8, 4) is 0 Å². The van der Waals surface area contributed by atoms with Gasteiger partial charge in [-0.15, -0.1) is 0 Å². The second kappa shape index (κ2) is 7.50. The van der Waals surface area contributed by atoms with Gasteiger partial charge in [-0.3, -0.25) is 4.79 Å². The maximum Gasteiger partial charge on any atom is 0.251 e. The summed E-state index contributed by atoms with van der Waals surface area (Å²) in [6, 6.07) is 11.1. The van der Waals surface area contributed by atoms with Gasteiger partial charge in [0, 0.05) is 24.2 Å². The average Bonchev–Trinajstić information content (AvgIpc) is 2.99. The van der Waals surface area contributed by atoms with Crippen LogP contribution in [-0.2, 0) is 13.0 Å². The molecule has 1 aromatic carbocycles. The molecule has 0 bridgehead atoms. The van der Waals surface area contributed by atoms with Crippen LogP contribution in [0.4, 0.5) is 5.69 Å². The van der Waals surface area contributed by atoms with E-state index >= 15 is 0 Å². The number of nitrogens with one attached hydrogen (secondary N) is 2. The van der Waals surface area contributed by atoms with Gasteiger partial charge in [0.15, 0.2) is 0 Å². The molecule has 0 saturated heterocycles. The Morgan fingerprint density at radius 1 is 1.24 bits per heavy atom. The van der Waals surface area contributed by atoms with Gasteiger partial charge in [0.25, 0.3) is 5.91 Å². The molecule has 112 valence electrons. The summed E-state index contributed by atoms with van der Waals surface area (Å²) in [5.41, 5.74) is 1.41. The monoisotopic (exact) mass is 288 g/mol. The highest BCUT2D eigenvalue weighted by Gasteiger charge is 2.06. The first-order valence-electron chi connectivity index (χ1n) is 7.03. The first kappa shape index (κ1) is 15.1. The molecule has 1 amide bonds. The van der Waals surface area contributed by atoms with Crippen molar-refractivity contribution < 1.29 is 14.3 Å². The molecular formula is C16H20N2O3. The average molecular weight is 288 g/mol. The van der Waals surface area contributed by atoms with Crippen molar-refractivity contribution in [1.29, 1.82) is 0 Å². The van der Waals surface area contributed by atoms with Crippen molar-refractivity contribution in [2.75, 3.05) is 18.5 Å².